The lowest BCUT2D eigenvalue weighted by Gasteiger charge is -2.32. The first-order valence-electron chi connectivity index (χ1n) is 7.35. The van der Waals surface area contributed by atoms with Gasteiger partial charge in [0.1, 0.15) is 6.04 Å². The van der Waals surface area contributed by atoms with Crippen LogP contribution in [0.2, 0.25) is 0 Å². The van der Waals surface area contributed by atoms with Crippen LogP contribution in [0.1, 0.15) is 27.7 Å². The van der Waals surface area contributed by atoms with Crippen molar-refractivity contribution in [3.05, 3.63) is 0 Å². The van der Waals surface area contributed by atoms with Gasteiger partial charge >= 0.3 is 12.0 Å². The van der Waals surface area contributed by atoms with E-state index in [1.165, 1.54) is 0 Å². The number of rotatable bonds is 5. The normalized spacial score (nSPS) is 21.6. The molecule has 122 valence electrons. The second-order valence-corrected chi connectivity index (χ2v) is 6.38. The number of carboxylic acid groups (broad SMARTS) is 1. The molecule has 0 spiro atoms. The zero-order chi connectivity index (χ0) is 16.0. The maximum absolute atomic E-state index is 11.8. The number of carbonyl (C=O) groups is 2. The van der Waals surface area contributed by atoms with Crippen molar-refractivity contribution in [3.8, 4) is 0 Å². The Morgan fingerprint density at radius 3 is 2.62 bits per heavy atom. The largest absolute Gasteiger partial charge is 0.480 e. The second-order valence-electron chi connectivity index (χ2n) is 6.38. The molecule has 0 aromatic rings. The van der Waals surface area contributed by atoms with E-state index in [-0.39, 0.29) is 6.10 Å². The summed E-state index contributed by atoms with van der Waals surface area (Å²) >= 11 is 0. The molecule has 0 aliphatic carbocycles. The smallest absolute Gasteiger partial charge is 0.326 e. The van der Waals surface area contributed by atoms with E-state index in [1.807, 2.05) is 0 Å². The van der Waals surface area contributed by atoms with Gasteiger partial charge in [0.2, 0.25) is 0 Å². The topological polar surface area (TPSA) is 90.9 Å². The second kappa shape index (κ2) is 7.61. The number of carbonyl (C=O) groups excluding carboxylic acids is 1. The summed E-state index contributed by atoms with van der Waals surface area (Å²) < 4.78 is 5.58. The predicted molar refractivity (Wildman–Crippen MR) is 79.3 cm³/mol. The van der Waals surface area contributed by atoms with Crippen molar-refractivity contribution >= 4 is 12.0 Å². The third kappa shape index (κ3) is 5.89. The van der Waals surface area contributed by atoms with E-state index in [9.17, 15) is 9.59 Å². The quantitative estimate of drug-likeness (QED) is 0.688. The van der Waals surface area contributed by atoms with E-state index in [1.54, 1.807) is 20.8 Å². The Labute approximate surface area is 126 Å². The number of likely N-dealkylation sites (N-methyl/N-ethyl adjacent to an activating group) is 1. The molecular formula is C14H27N3O4. The van der Waals surface area contributed by atoms with Crippen LogP contribution in [0, 0.1) is 5.41 Å². The number of carboxylic acids is 1. The lowest BCUT2D eigenvalue weighted by molar-refractivity contribution is -0.141. The molecule has 0 saturated carbocycles. The summed E-state index contributed by atoms with van der Waals surface area (Å²) in [5.41, 5.74) is -0.552. The summed E-state index contributed by atoms with van der Waals surface area (Å²) in [6.45, 7) is 11.1. The van der Waals surface area contributed by atoms with Crippen molar-refractivity contribution in [3.63, 3.8) is 0 Å². The molecule has 0 aromatic heterocycles. The Balaban J connectivity index is 2.41. The van der Waals surface area contributed by atoms with Crippen LogP contribution in [-0.2, 0) is 9.53 Å². The summed E-state index contributed by atoms with van der Waals surface area (Å²) in [7, 11) is 0. The highest BCUT2D eigenvalue weighted by atomic mass is 16.5. The molecule has 2 atom stereocenters. The molecule has 1 aliphatic heterocycles. The zero-order valence-electron chi connectivity index (χ0n) is 13.3. The van der Waals surface area contributed by atoms with Gasteiger partial charge in [0.15, 0.2) is 0 Å². The highest BCUT2D eigenvalue weighted by Crippen LogP contribution is 2.19. The molecule has 1 aliphatic rings. The number of morpholine rings is 1. The van der Waals surface area contributed by atoms with Gasteiger partial charge < -0.3 is 20.5 Å². The van der Waals surface area contributed by atoms with Gasteiger partial charge in [0, 0.05) is 19.6 Å². The van der Waals surface area contributed by atoms with Gasteiger partial charge in [-0.2, -0.15) is 0 Å². The number of amides is 2. The SMILES string of the molecule is CCN1CCOC(CNC(=O)N[C@@H](C(=O)O)C(C)(C)C)C1. The van der Waals surface area contributed by atoms with E-state index in [0.29, 0.717) is 13.2 Å². The van der Waals surface area contributed by atoms with Crippen molar-refractivity contribution in [1.29, 1.82) is 0 Å². The number of hydrogen-bond donors (Lipinski definition) is 3. The number of urea groups is 1. The van der Waals surface area contributed by atoms with Crippen molar-refractivity contribution in [2.75, 3.05) is 32.8 Å². The highest BCUT2D eigenvalue weighted by molar-refractivity contribution is 5.83. The molecule has 0 bridgehead atoms. The Morgan fingerprint density at radius 1 is 1.43 bits per heavy atom. The van der Waals surface area contributed by atoms with Crippen LogP contribution in [0.15, 0.2) is 0 Å². The van der Waals surface area contributed by atoms with Crippen LogP contribution in [0.5, 0.6) is 0 Å². The van der Waals surface area contributed by atoms with Gasteiger partial charge in [-0.15, -0.1) is 0 Å². The Hall–Kier alpha value is -1.34. The van der Waals surface area contributed by atoms with Crippen molar-refractivity contribution in [2.45, 2.75) is 39.8 Å². The number of ether oxygens (including phenoxy) is 1. The Morgan fingerprint density at radius 2 is 2.10 bits per heavy atom. The van der Waals surface area contributed by atoms with Gasteiger partial charge in [0.05, 0.1) is 12.7 Å². The standard InChI is InChI=1S/C14H27N3O4/c1-5-17-6-7-21-10(9-17)8-15-13(20)16-11(12(18)19)14(2,3)4/h10-11H,5-9H2,1-4H3,(H,18,19)(H2,15,16,20)/t10?,11-/m0/s1. The van der Waals surface area contributed by atoms with E-state index in [0.717, 1.165) is 19.6 Å². The molecule has 1 heterocycles. The maximum atomic E-state index is 11.8. The van der Waals surface area contributed by atoms with Crippen molar-refractivity contribution in [1.82, 2.24) is 15.5 Å². The minimum atomic E-state index is -1.04. The molecule has 7 nitrogen and oxygen atoms in total. The van der Waals surface area contributed by atoms with Gasteiger partial charge in [0.25, 0.3) is 0 Å². The molecular weight excluding hydrogens is 274 g/mol. The zero-order valence-corrected chi connectivity index (χ0v) is 13.3. The molecule has 1 fully saturated rings. The molecule has 1 rings (SSSR count). The van der Waals surface area contributed by atoms with Gasteiger partial charge in [-0.1, -0.05) is 27.7 Å². The van der Waals surface area contributed by atoms with Gasteiger partial charge in [-0.05, 0) is 12.0 Å². The fourth-order valence-electron chi connectivity index (χ4n) is 2.23. The summed E-state index contributed by atoms with van der Waals surface area (Å²) in [4.78, 5) is 25.3. The van der Waals surface area contributed by atoms with Crippen molar-refractivity contribution < 1.29 is 19.4 Å². The van der Waals surface area contributed by atoms with Crippen LogP contribution in [0.25, 0.3) is 0 Å². The number of nitrogens with zero attached hydrogens (tertiary/aromatic N) is 1. The Kier molecular flexibility index (Phi) is 6.42. The summed E-state index contributed by atoms with van der Waals surface area (Å²) in [6.07, 6.45) is -0.0534. The molecule has 0 radical (unpaired) electrons. The average molecular weight is 301 g/mol. The molecule has 7 heteroatoms. The van der Waals surface area contributed by atoms with Crippen LogP contribution < -0.4 is 10.6 Å². The highest BCUT2D eigenvalue weighted by Gasteiger charge is 2.32. The molecule has 2 amide bonds. The van der Waals surface area contributed by atoms with E-state index in [2.05, 4.69) is 22.5 Å². The number of hydrogen-bond acceptors (Lipinski definition) is 4. The molecule has 21 heavy (non-hydrogen) atoms. The number of aliphatic carboxylic acids is 1. The monoisotopic (exact) mass is 301 g/mol. The van der Waals surface area contributed by atoms with Crippen LogP contribution >= 0.6 is 0 Å². The summed E-state index contributed by atoms with van der Waals surface area (Å²) in [6, 6.07) is -1.41. The lowest BCUT2D eigenvalue weighted by Crippen LogP contribution is -2.54. The van der Waals surface area contributed by atoms with Crippen LogP contribution in [0.3, 0.4) is 0 Å². The van der Waals surface area contributed by atoms with Crippen LogP contribution in [0.4, 0.5) is 4.79 Å². The van der Waals surface area contributed by atoms with E-state index >= 15 is 0 Å². The van der Waals surface area contributed by atoms with Crippen molar-refractivity contribution in [2.24, 2.45) is 5.41 Å². The summed E-state index contributed by atoms with van der Waals surface area (Å²) in [5.74, 6) is -1.04. The molecule has 3 N–H and O–H groups in total. The van der Waals surface area contributed by atoms with Gasteiger partial charge in [-0.3, -0.25) is 4.90 Å². The minimum absolute atomic E-state index is 0.0534. The number of nitrogens with one attached hydrogen (secondary N) is 2. The fourth-order valence-corrected chi connectivity index (χ4v) is 2.23. The molecule has 1 saturated heterocycles. The van der Waals surface area contributed by atoms with E-state index < -0.39 is 23.5 Å². The first kappa shape index (κ1) is 17.7. The Bertz CT molecular complexity index is 368. The third-order valence-corrected chi connectivity index (χ3v) is 3.55. The first-order valence-corrected chi connectivity index (χ1v) is 7.35. The third-order valence-electron chi connectivity index (χ3n) is 3.55. The average Bonchev–Trinajstić information content (AvgIpc) is 2.41. The first-order chi connectivity index (χ1) is 9.74. The molecule has 1 unspecified atom stereocenters. The fraction of sp³-hybridized carbons (Fsp3) is 0.857. The molecule has 0 aromatic carbocycles. The lowest BCUT2D eigenvalue weighted by atomic mass is 9.87. The van der Waals surface area contributed by atoms with E-state index in [4.69, 9.17) is 9.84 Å². The minimum Gasteiger partial charge on any atom is -0.480 e. The maximum Gasteiger partial charge on any atom is 0.326 e. The van der Waals surface area contributed by atoms with Crippen LogP contribution in [-0.4, -0.2) is 66.9 Å². The summed E-state index contributed by atoms with van der Waals surface area (Å²) in [5, 5.41) is 14.4. The predicted octanol–water partition coefficient (Wildman–Crippen LogP) is 0.506. The van der Waals surface area contributed by atoms with Gasteiger partial charge in [-0.25, -0.2) is 9.59 Å².